The van der Waals surface area contributed by atoms with Gasteiger partial charge in [0, 0.05) is 22.2 Å². The predicted octanol–water partition coefficient (Wildman–Crippen LogP) is 2.04. The van der Waals surface area contributed by atoms with Gasteiger partial charge in [-0.25, -0.2) is 0 Å². The summed E-state index contributed by atoms with van der Waals surface area (Å²) >= 11 is 9.58. The average molecular weight is 361 g/mol. The van der Waals surface area contributed by atoms with Crippen LogP contribution in [-0.4, -0.2) is 32.1 Å². The smallest absolute Gasteiger partial charge is 0.256 e. The molecular weight excluding hydrogens is 346 g/mol. The molecule has 1 aromatic rings. The Morgan fingerprint density at radius 2 is 2.25 bits per heavy atom. The second kappa shape index (κ2) is 6.11. The van der Waals surface area contributed by atoms with E-state index < -0.39 is 5.54 Å². The molecule has 1 aromatic carbocycles. The first-order valence-electron chi connectivity index (χ1n) is 6.06. The number of nitrogens with one attached hydrogen (secondary N) is 2. The van der Waals surface area contributed by atoms with Gasteiger partial charge in [-0.1, -0.05) is 33.6 Å². The monoisotopic (exact) mass is 359 g/mol. The summed E-state index contributed by atoms with van der Waals surface area (Å²) in [7, 11) is 1.60. The van der Waals surface area contributed by atoms with Crippen molar-refractivity contribution in [3.8, 4) is 0 Å². The van der Waals surface area contributed by atoms with Gasteiger partial charge in [0.25, 0.3) is 5.91 Å². The van der Waals surface area contributed by atoms with Crippen molar-refractivity contribution in [1.82, 2.24) is 10.6 Å². The summed E-state index contributed by atoms with van der Waals surface area (Å²) in [5.41, 5.74) is -0.222. The van der Waals surface area contributed by atoms with Crippen LogP contribution in [0.5, 0.6) is 0 Å². The summed E-state index contributed by atoms with van der Waals surface area (Å²) in [6.45, 7) is 2.75. The van der Waals surface area contributed by atoms with E-state index in [2.05, 4.69) is 31.6 Å². The van der Waals surface area contributed by atoms with Crippen LogP contribution >= 0.6 is 27.5 Å². The molecular formula is C13H15BrClN3O2. The van der Waals surface area contributed by atoms with Gasteiger partial charge in [-0.05, 0) is 19.1 Å². The highest BCUT2D eigenvalue weighted by atomic mass is 79.9. The molecule has 0 aliphatic carbocycles. The van der Waals surface area contributed by atoms with Crippen molar-refractivity contribution in [3.63, 3.8) is 0 Å². The lowest BCUT2D eigenvalue weighted by Gasteiger charge is -2.23. The first-order chi connectivity index (χ1) is 9.47. The van der Waals surface area contributed by atoms with E-state index in [-0.39, 0.29) is 5.91 Å². The first kappa shape index (κ1) is 15.3. The molecule has 0 saturated carbocycles. The maximum atomic E-state index is 12.2. The highest BCUT2D eigenvalue weighted by Crippen LogP contribution is 2.32. The summed E-state index contributed by atoms with van der Waals surface area (Å²) in [4.78, 5) is 16.4. The summed E-state index contributed by atoms with van der Waals surface area (Å²) in [6, 6.07) is 5.43. The van der Waals surface area contributed by atoms with E-state index in [0.29, 0.717) is 29.7 Å². The van der Waals surface area contributed by atoms with E-state index >= 15 is 0 Å². The number of rotatable bonds is 4. The van der Waals surface area contributed by atoms with Gasteiger partial charge in [0.05, 0.1) is 13.2 Å². The molecule has 108 valence electrons. The number of halogens is 2. The van der Waals surface area contributed by atoms with Crippen molar-refractivity contribution < 1.29 is 9.53 Å². The molecule has 2 N–H and O–H groups in total. The van der Waals surface area contributed by atoms with Crippen LogP contribution < -0.4 is 10.6 Å². The van der Waals surface area contributed by atoms with Gasteiger partial charge >= 0.3 is 0 Å². The highest BCUT2D eigenvalue weighted by molar-refractivity contribution is 9.10. The normalized spacial score (nSPS) is 23.8. The minimum Gasteiger partial charge on any atom is -0.383 e. The Kier molecular flexibility index (Phi) is 4.67. The lowest BCUT2D eigenvalue weighted by Crippen LogP contribution is -2.41. The Balaban J connectivity index is 2.26. The number of amides is 1. The predicted molar refractivity (Wildman–Crippen MR) is 82.0 cm³/mol. The van der Waals surface area contributed by atoms with E-state index in [1.165, 1.54) is 0 Å². The van der Waals surface area contributed by atoms with Gasteiger partial charge in [0.2, 0.25) is 0 Å². The molecule has 0 spiro atoms. The van der Waals surface area contributed by atoms with E-state index in [0.717, 1.165) is 4.47 Å². The molecule has 1 aliphatic heterocycles. The second-order valence-corrected chi connectivity index (χ2v) is 5.87. The van der Waals surface area contributed by atoms with E-state index in [1.807, 2.05) is 12.1 Å². The van der Waals surface area contributed by atoms with Gasteiger partial charge in [-0.2, -0.15) is 0 Å². The molecule has 20 heavy (non-hydrogen) atoms. The van der Waals surface area contributed by atoms with Crippen molar-refractivity contribution in [2.45, 2.75) is 12.5 Å². The van der Waals surface area contributed by atoms with Crippen molar-refractivity contribution in [1.29, 1.82) is 0 Å². The third-order valence-electron chi connectivity index (χ3n) is 3.09. The zero-order valence-electron chi connectivity index (χ0n) is 11.2. The van der Waals surface area contributed by atoms with Crippen molar-refractivity contribution in [2.75, 3.05) is 20.3 Å². The maximum absolute atomic E-state index is 12.2. The zero-order chi connectivity index (χ0) is 14.8. The van der Waals surface area contributed by atoms with E-state index in [9.17, 15) is 4.79 Å². The maximum Gasteiger partial charge on any atom is 0.256 e. The number of carbonyl (C=O) groups is 1. The molecule has 1 amide bonds. The van der Waals surface area contributed by atoms with Crippen LogP contribution in [0.3, 0.4) is 0 Å². The van der Waals surface area contributed by atoms with Crippen molar-refractivity contribution >= 4 is 39.4 Å². The second-order valence-electron chi connectivity index (χ2n) is 4.55. The Bertz CT molecular complexity index is 565. The SMILES string of the molecule is COCCN=C1NC(=O)C(C)(c2ccc(Br)cc2Cl)N1. The number of carbonyl (C=O) groups excluding carboxylic acids is 1. The van der Waals surface area contributed by atoms with Crippen LogP contribution in [0, 0.1) is 0 Å². The fraction of sp³-hybridized carbons (Fsp3) is 0.385. The molecule has 1 aliphatic rings. The Morgan fingerprint density at radius 1 is 1.50 bits per heavy atom. The largest absolute Gasteiger partial charge is 0.383 e. The number of benzene rings is 1. The number of hydrogen-bond donors (Lipinski definition) is 2. The fourth-order valence-corrected chi connectivity index (χ4v) is 2.83. The summed E-state index contributed by atoms with van der Waals surface area (Å²) in [5, 5.41) is 6.32. The summed E-state index contributed by atoms with van der Waals surface area (Å²) in [5.74, 6) is 0.256. The van der Waals surface area contributed by atoms with Crippen LogP contribution in [0.1, 0.15) is 12.5 Å². The Hall–Kier alpha value is -1.11. The number of methoxy groups -OCH3 is 1. The summed E-state index contributed by atoms with van der Waals surface area (Å²) < 4.78 is 5.79. The van der Waals surface area contributed by atoms with E-state index in [4.69, 9.17) is 16.3 Å². The van der Waals surface area contributed by atoms with Gasteiger partial charge in [-0.15, -0.1) is 0 Å². The molecule has 1 saturated heterocycles. The van der Waals surface area contributed by atoms with Crippen molar-refractivity contribution in [2.24, 2.45) is 4.99 Å². The molecule has 1 atom stereocenters. The number of nitrogens with zero attached hydrogens (tertiary/aromatic N) is 1. The van der Waals surface area contributed by atoms with Crippen LogP contribution in [0.2, 0.25) is 5.02 Å². The van der Waals surface area contributed by atoms with Gasteiger partial charge in [0.15, 0.2) is 5.96 Å². The Labute approximate surface area is 130 Å². The van der Waals surface area contributed by atoms with Crippen LogP contribution in [0.25, 0.3) is 0 Å². The topological polar surface area (TPSA) is 62.7 Å². The minimum atomic E-state index is -0.927. The number of ether oxygens (including phenoxy) is 1. The van der Waals surface area contributed by atoms with Crippen LogP contribution in [0.4, 0.5) is 0 Å². The molecule has 7 heteroatoms. The van der Waals surface area contributed by atoms with Crippen molar-refractivity contribution in [3.05, 3.63) is 33.3 Å². The first-order valence-corrected chi connectivity index (χ1v) is 7.23. The van der Waals surface area contributed by atoms with E-state index in [1.54, 1.807) is 20.1 Å². The number of hydrogen-bond acceptors (Lipinski definition) is 3. The number of guanidine groups is 1. The molecule has 1 fully saturated rings. The van der Waals surface area contributed by atoms with Crippen LogP contribution in [-0.2, 0) is 15.1 Å². The van der Waals surface area contributed by atoms with Crippen LogP contribution in [0.15, 0.2) is 27.7 Å². The van der Waals surface area contributed by atoms with Gasteiger partial charge < -0.3 is 10.1 Å². The van der Waals surface area contributed by atoms with Gasteiger partial charge in [-0.3, -0.25) is 15.1 Å². The van der Waals surface area contributed by atoms with Gasteiger partial charge in [0.1, 0.15) is 5.54 Å². The molecule has 0 aromatic heterocycles. The molecule has 5 nitrogen and oxygen atoms in total. The Morgan fingerprint density at radius 3 is 2.90 bits per heavy atom. The average Bonchev–Trinajstić information content (AvgIpc) is 2.66. The molecule has 1 heterocycles. The standard InChI is InChI=1S/C13H15BrClN3O2/c1-13(9-4-3-8(14)7-10(9)15)11(19)17-12(18-13)16-5-6-20-2/h3-4,7H,5-6H2,1-2H3,(H2,16,17,18,19). The lowest BCUT2D eigenvalue weighted by atomic mass is 9.92. The molecule has 0 radical (unpaired) electrons. The molecule has 1 unspecified atom stereocenters. The fourth-order valence-electron chi connectivity index (χ4n) is 1.97. The third-order valence-corrected chi connectivity index (χ3v) is 3.90. The molecule has 0 bridgehead atoms. The number of aliphatic imine (C=N–C) groups is 1. The zero-order valence-corrected chi connectivity index (χ0v) is 13.5. The third kappa shape index (κ3) is 2.97. The summed E-state index contributed by atoms with van der Waals surface area (Å²) in [6.07, 6.45) is 0. The highest BCUT2D eigenvalue weighted by Gasteiger charge is 2.43. The quantitative estimate of drug-likeness (QED) is 0.808. The lowest BCUT2D eigenvalue weighted by molar-refractivity contribution is -0.123. The minimum absolute atomic E-state index is 0.183. The molecule has 2 rings (SSSR count).